The average molecular weight is 263 g/mol. The number of aromatic nitrogens is 4. The lowest BCUT2D eigenvalue weighted by molar-refractivity contribution is 0.0696. The second kappa shape index (κ2) is 5.42. The van der Waals surface area contributed by atoms with Gasteiger partial charge < -0.3 is 14.9 Å². The fraction of sp³-hybridized carbons (Fsp3) is 0.364. The molecule has 19 heavy (non-hydrogen) atoms. The monoisotopic (exact) mass is 263 g/mol. The lowest BCUT2D eigenvalue weighted by Gasteiger charge is -2.10. The van der Waals surface area contributed by atoms with Gasteiger partial charge in [0.2, 0.25) is 5.89 Å². The van der Waals surface area contributed by atoms with Crippen molar-refractivity contribution in [3.05, 3.63) is 29.0 Å². The molecule has 0 unspecified atom stereocenters. The van der Waals surface area contributed by atoms with Gasteiger partial charge in [0.25, 0.3) is 0 Å². The highest BCUT2D eigenvalue weighted by Gasteiger charge is 2.17. The van der Waals surface area contributed by atoms with E-state index in [1.54, 1.807) is 13.8 Å². The third-order valence-electron chi connectivity index (χ3n) is 2.71. The van der Waals surface area contributed by atoms with Gasteiger partial charge in [-0.25, -0.2) is 4.79 Å². The molecule has 0 aliphatic carbocycles. The molecule has 2 aromatic heterocycles. The summed E-state index contributed by atoms with van der Waals surface area (Å²) in [6.45, 7) is 3.85. The van der Waals surface area contributed by atoms with E-state index in [2.05, 4.69) is 25.7 Å². The summed E-state index contributed by atoms with van der Waals surface area (Å²) in [5, 5.41) is 23.4. The average Bonchev–Trinajstić information content (AvgIpc) is 2.86. The van der Waals surface area contributed by atoms with Gasteiger partial charge in [-0.05, 0) is 19.4 Å². The molecule has 2 N–H and O–H groups in total. The van der Waals surface area contributed by atoms with E-state index < -0.39 is 5.97 Å². The number of nitrogens with one attached hydrogen (secondary N) is 1. The van der Waals surface area contributed by atoms with Crippen molar-refractivity contribution in [2.24, 2.45) is 0 Å². The Bertz CT molecular complexity index is 582. The molecule has 2 heterocycles. The molecule has 2 aromatic rings. The molecule has 0 amide bonds. The first-order chi connectivity index (χ1) is 9.09. The molecule has 0 spiro atoms. The van der Waals surface area contributed by atoms with E-state index in [0.29, 0.717) is 30.1 Å². The van der Waals surface area contributed by atoms with Crippen LogP contribution in [0.15, 0.2) is 10.9 Å². The van der Waals surface area contributed by atoms with Gasteiger partial charge in [0, 0.05) is 13.0 Å². The van der Waals surface area contributed by atoms with Crippen LogP contribution in [-0.4, -0.2) is 38.0 Å². The minimum atomic E-state index is -1.03. The number of carboxylic acid groups (broad SMARTS) is 1. The van der Waals surface area contributed by atoms with Crippen LogP contribution in [0.3, 0.4) is 0 Å². The summed E-state index contributed by atoms with van der Waals surface area (Å²) in [5.74, 6) is -0.313. The van der Waals surface area contributed by atoms with Gasteiger partial charge in [0.15, 0.2) is 12.1 Å². The van der Waals surface area contributed by atoms with Gasteiger partial charge in [0.05, 0.1) is 5.69 Å². The van der Waals surface area contributed by atoms with E-state index in [-0.39, 0.29) is 11.4 Å². The van der Waals surface area contributed by atoms with Gasteiger partial charge in [0.1, 0.15) is 5.56 Å². The summed E-state index contributed by atoms with van der Waals surface area (Å²) in [4.78, 5) is 15.1. The van der Waals surface area contributed by atoms with Crippen LogP contribution in [0.2, 0.25) is 0 Å². The van der Waals surface area contributed by atoms with E-state index in [4.69, 9.17) is 4.52 Å². The van der Waals surface area contributed by atoms with Crippen molar-refractivity contribution >= 4 is 11.8 Å². The molecule has 100 valence electrons. The van der Waals surface area contributed by atoms with Crippen molar-refractivity contribution in [3.8, 4) is 0 Å². The Kier molecular flexibility index (Phi) is 3.69. The smallest absolute Gasteiger partial charge is 0.339 e. The molecule has 0 radical (unpaired) electrons. The first kappa shape index (κ1) is 12.9. The van der Waals surface area contributed by atoms with Crippen LogP contribution in [0, 0.1) is 13.8 Å². The highest BCUT2D eigenvalue weighted by atomic mass is 16.5. The second-order valence-electron chi connectivity index (χ2n) is 3.95. The summed E-state index contributed by atoms with van der Waals surface area (Å²) >= 11 is 0. The minimum Gasteiger partial charge on any atom is -0.478 e. The van der Waals surface area contributed by atoms with Crippen molar-refractivity contribution in [2.45, 2.75) is 20.3 Å². The van der Waals surface area contributed by atoms with Crippen molar-refractivity contribution in [1.82, 2.24) is 20.3 Å². The van der Waals surface area contributed by atoms with Gasteiger partial charge in [-0.3, -0.25) is 0 Å². The zero-order chi connectivity index (χ0) is 13.8. The fourth-order valence-electron chi connectivity index (χ4n) is 1.59. The molecule has 8 heteroatoms. The Labute approximate surface area is 108 Å². The third kappa shape index (κ3) is 2.84. The van der Waals surface area contributed by atoms with Crippen molar-refractivity contribution in [3.63, 3.8) is 0 Å². The van der Waals surface area contributed by atoms with E-state index in [1.165, 1.54) is 6.33 Å². The Morgan fingerprint density at radius 3 is 2.84 bits per heavy atom. The van der Waals surface area contributed by atoms with Crippen molar-refractivity contribution in [2.75, 3.05) is 11.9 Å². The molecule has 2 rings (SSSR count). The number of anilines is 1. The second-order valence-corrected chi connectivity index (χ2v) is 3.95. The summed E-state index contributed by atoms with van der Waals surface area (Å²) in [6, 6.07) is 0. The summed E-state index contributed by atoms with van der Waals surface area (Å²) in [7, 11) is 0. The Morgan fingerprint density at radius 1 is 1.42 bits per heavy atom. The highest BCUT2D eigenvalue weighted by Crippen LogP contribution is 2.18. The van der Waals surface area contributed by atoms with E-state index >= 15 is 0 Å². The standard InChI is InChI=1S/C11H13N5O3/c1-6-7(2)15-16-10(9(6)11(17)18)12-4-3-8-13-5-14-19-8/h5H,3-4H2,1-2H3,(H,12,16)(H,17,18). The number of hydrogen-bond acceptors (Lipinski definition) is 7. The van der Waals surface area contributed by atoms with Gasteiger partial charge >= 0.3 is 5.97 Å². The molecule has 0 atom stereocenters. The van der Waals surface area contributed by atoms with Crippen LogP contribution in [0.5, 0.6) is 0 Å². The molecule has 0 fully saturated rings. The molecule has 0 saturated heterocycles. The Hall–Kier alpha value is -2.51. The maximum Gasteiger partial charge on any atom is 0.339 e. The van der Waals surface area contributed by atoms with Crippen LogP contribution in [0.25, 0.3) is 0 Å². The Morgan fingerprint density at radius 2 is 2.21 bits per heavy atom. The quantitative estimate of drug-likeness (QED) is 0.815. The number of carboxylic acids is 1. The molecule has 0 bridgehead atoms. The third-order valence-corrected chi connectivity index (χ3v) is 2.71. The molecule has 0 aliphatic heterocycles. The van der Waals surface area contributed by atoms with E-state index in [0.717, 1.165) is 0 Å². The molecular formula is C11H13N5O3. The normalized spacial score (nSPS) is 10.4. The molecular weight excluding hydrogens is 250 g/mol. The maximum atomic E-state index is 11.2. The van der Waals surface area contributed by atoms with Gasteiger partial charge in [-0.1, -0.05) is 5.16 Å². The number of aromatic carboxylic acids is 1. The number of nitrogens with zero attached hydrogens (tertiary/aromatic N) is 4. The van der Waals surface area contributed by atoms with Gasteiger partial charge in [-0.15, -0.1) is 5.10 Å². The number of aryl methyl sites for hydroxylation is 1. The van der Waals surface area contributed by atoms with Crippen LogP contribution in [-0.2, 0) is 6.42 Å². The summed E-state index contributed by atoms with van der Waals surface area (Å²) in [5.41, 5.74) is 1.33. The van der Waals surface area contributed by atoms with Crippen LogP contribution in [0.4, 0.5) is 5.82 Å². The fourth-order valence-corrected chi connectivity index (χ4v) is 1.59. The molecule has 0 saturated carbocycles. The molecule has 0 aliphatic rings. The van der Waals surface area contributed by atoms with E-state index in [1.807, 2.05) is 0 Å². The van der Waals surface area contributed by atoms with Crippen molar-refractivity contribution < 1.29 is 14.4 Å². The number of carbonyl (C=O) groups is 1. The van der Waals surface area contributed by atoms with Crippen LogP contribution in [0.1, 0.15) is 27.5 Å². The van der Waals surface area contributed by atoms with Crippen LogP contribution >= 0.6 is 0 Å². The minimum absolute atomic E-state index is 0.137. The van der Waals surface area contributed by atoms with Crippen molar-refractivity contribution in [1.29, 1.82) is 0 Å². The lowest BCUT2D eigenvalue weighted by Crippen LogP contribution is -2.14. The number of rotatable bonds is 5. The zero-order valence-corrected chi connectivity index (χ0v) is 10.5. The first-order valence-corrected chi connectivity index (χ1v) is 5.66. The highest BCUT2D eigenvalue weighted by molar-refractivity contribution is 5.94. The summed E-state index contributed by atoms with van der Waals surface area (Å²) < 4.78 is 4.84. The topological polar surface area (TPSA) is 114 Å². The predicted octanol–water partition coefficient (Wildman–Crippen LogP) is 0.829. The maximum absolute atomic E-state index is 11.2. The largest absolute Gasteiger partial charge is 0.478 e. The van der Waals surface area contributed by atoms with Gasteiger partial charge in [-0.2, -0.15) is 10.1 Å². The SMILES string of the molecule is Cc1nnc(NCCc2ncno2)c(C(=O)O)c1C. The zero-order valence-electron chi connectivity index (χ0n) is 10.5. The Balaban J connectivity index is 2.11. The van der Waals surface area contributed by atoms with E-state index in [9.17, 15) is 9.90 Å². The molecule has 0 aromatic carbocycles. The number of hydrogen-bond donors (Lipinski definition) is 2. The first-order valence-electron chi connectivity index (χ1n) is 5.66. The summed E-state index contributed by atoms with van der Waals surface area (Å²) in [6.07, 6.45) is 1.79. The lowest BCUT2D eigenvalue weighted by atomic mass is 10.1. The molecule has 8 nitrogen and oxygen atoms in total. The predicted molar refractivity (Wildman–Crippen MR) is 65.0 cm³/mol. The van der Waals surface area contributed by atoms with Crippen LogP contribution < -0.4 is 5.32 Å².